The molecule has 11 heteroatoms. The van der Waals surface area contributed by atoms with Crippen LogP contribution in [0.25, 0.3) is 0 Å². The summed E-state index contributed by atoms with van der Waals surface area (Å²) in [7, 11) is 1.29. The summed E-state index contributed by atoms with van der Waals surface area (Å²) in [6.45, 7) is 6.84. The Labute approximate surface area is 287 Å². The molecule has 3 aromatic carbocycles. The Hall–Kier alpha value is -4.29. The fraction of sp³-hybridized carbons (Fsp3) is 0.447. The molecule has 0 saturated carbocycles. The molecule has 2 aliphatic heterocycles. The van der Waals surface area contributed by atoms with Gasteiger partial charge in [0.1, 0.15) is 17.7 Å². The number of likely N-dealkylation sites (tertiary alicyclic amines) is 1. The van der Waals surface area contributed by atoms with Gasteiger partial charge < -0.3 is 34.7 Å². The first-order chi connectivity index (χ1) is 23.5. The number of aliphatic hydroxyl groups is 1. The fourth-order valence-corrected chi connectivity index (χ4v) is 6.25. The molecule has 2 saturated heterocycles. The zero-order valence-corrected chi connectivity index (χ0v) is 28.6. The van der Waals surface area contributed by atoms with E-state index >= 15 is 0 Å². The molecule has 2 aliphatic rings. The van der Waals surface area contributed by atoms with Gasteiger partial charge in [-0.1, -0.05) is 66.7 Å². The van der Waals surface area contributed by atoms with Gasteiger partial charge in [-0.15, -0.1) is 0 Å². The van der Waals surface area contributed by atoms with Crippen LogP contribution in [-0.4, -0.2) is 72.0 Å². The minimum absolute atomic E-state index is 0.0544. The molecule has 11 nitrogen and oxygen atoms in total. The molecule has 2 heterocycles. The molecular weight excluding hydrogens is 626 g/mol. The normalized spacial score (nSPS) is 21.8. The van der Waals surface area contributed by atoms with Gasteiger partial charge in [-0.05, 0) is 69.0 Å². The van der Waals surface area contributed by atoms with Crippen LogP contribution in [0.1, 0.15) is 74.7 Å². The number of anilines is 1. The third-order valence-corrected chi connectivity index (χ3v) is 8.59. The van der Waals surface area contributed by atoms with Gasteiger partial charge in [0.2, 0.25) is 0 Å². The first kappa shape index (κ1) is 36.0. The van der Waals surface area contributed by atoms with Crippen molar-refractivity contribution < 1.29 is 38.4 Å². The van der Waals surface area contributed by atoms with Crippen molar-refractivity contribution in [3.8, 4) is 0 Å². The zero-order valence-electron chi connectivity index (χ0n) is 28.6. The summed E-state index contributed by atoms with van der Waals surface area (Å²) in [6, 6.07) is 22.4. The van der Waals surface area contributed by atoms with Crippen LogP contribution in [0.15, 0.2) is 78.9 Å². The highest BCUT2D eigenvalue weighted by atomic mass is 16.7. The zero-order chi connectivity index (χ0) is 35.0. The molecule has 0 aliphatic carbocycles. The quantitative estimate of drug-likeness (QED) is 0.228. The fourth-order valence-electron chi connectivity index (χ4n) is 6.25. The third-order valence-electron chi connectivity index (χ3n) is 8.59. The Kier molecular flexibility index (Phi) is 12.1. The van der Waals surface area contributed by atoms with Gasteiger partial charge in [0.25, 0.3) is 0 Å². The molecule has 2 fully saturated rings. The summed E-state index contributed by atoms with van der Waals surface area (Å²) in [6.07, 6.45) is 1.09. The van der Waals surface area contributed by atoms with Gasteiger partial charge in [-0.25, -0.2) is 9.59 Å². The van der Waals surface area contributed by atoms with Gasteiger partial charge >= 0.3 is 18.0 Å². The Bertz CT molecular complexity index is 1560. The largest absolute Gasteiger partial charge is 0.467 e. The Morgan fingerprint density at radius 2 is 1.71 bits per heavy atom. The number of amides is 2. The molecule has 0 bridgehead atoms. The van der Waals surface area contributed by atoms with E-state index in [9.17, 15) is 19.5 Å². The molecular formula is C38H47N3O8. The average molecular weight is 674 g/mol. The summed E-state index contributed by atoms with van der Waals surface area (Å²) in [5.74, 6) is -0.771. The molecule has 3 N–H and O–H groups in total. The van der Waals surface area contributed by atoms with Crippen molar-refractivity contribution in [1.29, 1.82) is 0 Å². The highest BCUT2D eigenvalue weighted by Crippen LogP contribution is 2.39. The standard InChI is InChI=1S/C38H47N3O8/c1-38(2,3)49-35(44)32-14-9-19-41(32)23-30-22-33(27-17-15-26(24-42)16-18-27)48-36(47-30)28-12-8-13-29(21-28)39-37(45)40-31(34(43)46-4)20-25-10-6-5-7-11-25/h5-8,10-13,15-18,21,30-33,36,42H,9,14,19-20,22-24H2,1-4H3,(H2,39,40,45)/t30-,31+,32+,33+,36+/m1/s1. The minimum Gasteiger partial charge on any atom is -0.467 e. The molecule has 49 heavy (non-hydrogen) atoms. The number of carbonyl (C=O) groups excluding carboxylic acids is 3. The summed E-state index contributed by atoms with van der Waals surface area (Å²) >= 11 is 0. The van der Waals surface area contributed by atoms with Gasteiger partial charge in [-0.2, -0.15) is 0 Å². The monoisotopic (exact) mass is 673 g/mol. The van der Waals surface area contributed by atoms with Gasteiger partial charge in [0.05, 0.1) is 25.9 Å². The van der Waals surface area contributed by atoms with E-state index in [4.69, 9.17) is 18.9 Å². The van der Waals surface area contributed by atoms with E-state index in [-0.39, 0.29) is 37.2 Å². The van der Waals surface area contributed by atoms with Crippen molar-refractivity contribution in [2.24, 2.45) is 0 Å². The number of rotatable bonds is 11. The Morgan fingerprint density at radius 1 is 0.959 bits per heavy atom. The van der Waals surface area contributed by atoms with Crippen LogP contribution < -0.4 is 10.6 Å². The lowest BCUT2D eigenvalue weighted by atomic mass is 9.99. The maximum Gasteiger partial charge on any atom is 0.328 e. The molecule has 262 valence electrons. The van der Waals surface area contributed by atoms with Crippen molar-refractivity contribution in [1.82, 2.24) is 10.2 Å². The van der Waals surface area contributed by atoms with E-state index in [0.717, 1.165) is 36.1 Å². The highest BCUT2D eigenvalue weighted by molar-refractivity contribution is 5.92. The number of benzene rings is 3. The first-order valence-electron chi connectivity index (χ1n) is 16.8. The molecule has 3 aromatic rings. The lowest BCUT2D eigenvalue weighted by molar-refractivity contribution is -0.253. The van der Waals surface area contributed by atoms with E-state index in [1.807, 2.05) is 81.4 Å². The highest BCUT2D eigenvalue weighted by Gasteiger charge is 2.39. The molecule has 5 atom stereocenters. The van der Waals surface area contributed by atoms with E-state index < -0.39 is 29.9 Å². The average Bonchev–Trinajstić information content (AvgIpc) is 3.55. The molecule has 5 rings (SSSR count). The van der Waals surface area contributed by atoms with Crippen LogP contribution in [0.4, 0.5) is 10.5 Å². The summed E-state index contributed by atoms with van der Waals surface area (Å²) in [5.41, 5.74) is 3.24. The SMILES string of the molecule is COC(=O)[C@H](Cc1ccccc1)NC(=O)Nc1cccc([C@H]2O[C@@H](CN3CCC[C@H]3C(=O)OC(C)(C)C)C[C@@H](c3ccc(CO)cc3)O2)c1. The van der Waals surface area contributed by atoms with E-state index in [0.29, 0.717) is 24.2 Å². The number of methoxy groups -OCH3 is 1. The van der Waals surface area contributed by atoms with Gasteiger partial charge in [0.15, 0.2) is 6.29 Å². The Balaban J connectivity index is 1.31. The number of esters is 2. The number of carbonyl (C=O) groups is 3. The van der Waals surface area contributed by atoms with E-state index in [1.54, 1.807) is 18.2 Å². The van der Waals surface area contributed by atoms with Crippen molar-refractivity contribution >= 4 is 23.7 Å². The maximum absolute atomic E-state index is 13.1. The maximum atomic E-state index is 13.1. The third kappa shape index (κ3) is 10.1. The predicted molar refractivity (Wildman–Crippen MR) is 183 cm³/mol. The summed E-state index contributed by atoms with van der Waals surface area (Å²) < 4.78 is 23.7. The Morgan fingerprint density at radius 3 is 2.41 bits per heavy atom. The van der Waals surface area contributed by atoms with E-state index in [1.165, 1.54) is 7.11 Å². The summed E-state index contributed by atoms with van der Waals surface area (Å²) in [5, 5.41) is 15.1. The number of urea groups is 1. The van der Waals surface area contributed by atoms with Crippen LogP contribution >= 0.6 is 0 Å². The topological polar surface area (TPSA) is 136 Å². The van der Waals surface area contributed by atoms with E-state index in [2.05, 4.69) is 15.5 Å². The van der Waals surface area contributed by atoms with Crippen LogP contribution in [0, 0.1) is 0 Å². The number of hydrogen-bond acceptors (Lipinski definition) is 9. The number of nitrogens with one attached hydrogen (secondary N) is 2. The second-order valence-electron chi connectivity index (χ2n) is 13.5. The van der Waals surface area contributed by atoms with Crippen LogP contribution in [-0.2, 0) is 41.6 Å². The van der Waals surface area contributed by atoms with Crippen molar-refractivity contribution in [3.63, 3.8) is 0 Å². The lowest BCUT2D eigenvalue weighted by Crippen LogP contribution is -2.45. The van der Waals surface area contributed by atoms with Crippen molar-refractivity contribution in [3.05, 3.63) is 101 Å². The first-order valence-corrected chi connectivity index (χ1v) is 16.8. The van der Waals surface area contributed by atoms with Crippen LogP contribution in [0.2, 0.25) is 0 Å². The minimum atomic E-state index is -0.880. The number of nitrogens with zero attached hydrogens (tertiary/aromatic N) is 1. The molecule has 0 aromatic heterocycles. The lowest BCUT2D eigenvalue weighted by Gasteiger charge is -2.38. The molecule has 0 radical (unpaired) electrons. The predicted octanol–water partition coefficient (Wildman–Crippen LogP) is 5.44. The van der Waals surface area contributed by atoms with Crippen LogP contribution in [0.5, 0.6) is 0 Å². The second kappa shape index (κ2) is 16.4. The summed E-state index contributed by atoms with van der Waals surface area (Å²) in [4.78, 5) is 40.8. The molecule has 0 spiro atoms. The van der Waals surface area contributed by atoms with Crippen molar-refractivity contribution in [2.75, 3.05) is 25.5 Å². The number of aliphatic hydroxyl groups excluding tert-OH is 1. The number of hydrogen-bond donors (Lipinski definition) is 3. The molecule has 2 amide bonds. The van der Waals surface area contributed by atoms with Gasteiger partial charge in [0, 0.05) is 30.6 Å². The smallest absolute Gasteiger partial charge is 0.328 e. The van der Waals surface area contributed by atoms with Gasteiger partial charge in [-0.3, -0.25) is 9.69 Å². The second-order valence-corrected chi connectivity index (χ2v) is 13.5. The van der Waals surface area contributed by atoms with Crippen molar-refractivity contribution in [2.45, 2.75) is 89.2 Å². The number of ether oxygens (including phenoxy) is 4. The molecule has 0 unspecified atom stereocenters. The van der Waals surface area contributed by atoms with Crippen LogP contribution in [0.3, 0.4) is 0 Å².